The van der Waals surface area contributed by atoms with E-state index >= 15 is 0 Å². The Morgan fingerprint density at radius 3 is 2.60 bits per heavy atom. The number of non-ortho nitro benzene ring substituents is 1. The van der Waals surface area contributed by atoms with Crippen LogP contribution in [0.4, 0.5) is 10.1 Å². The highest BCUT2D eigenvalue weighted by molar-refractivity contribution is 5.55. The van der Waals surface area contributed by atoms with Gasteiger partial charge in [0.2, 0.25) is 11.8 Å². The second kappa shape index (κ2) is 7.18. The van der Waals surface area contributed by atoms with Crippen LogP contribution in [0.25, 0.3) is 11.5 Å². The van der Waals surface area contributed by atoms with Crippen LogP contribution < -0.4 is 0 Å². The number of hydrogen-bond acceptors (Lipinski definition) is 6. The van der Waals surface area contributed by atoms with Crippen LogP contribution in [0.5, 0.6) is 0 Å². The largest absolute Gasteiger partial charge is 0.419 e. The summed E-state index contributed by atoms with van der Waals surface area (Å²) < 4.78 is 18.8. The molecule has 0 atom stereocenters. The highest BCUT2D eigenvalue weighted by Gasteiger charge is 2.12. The van der Waals surface area contributed by atoms with Crippen molar-refractivity contribution in [1.29, 1.82) is 0 Å². The summed E-state index contributed by atoms with van der Waals surface area (Å²) in [6.45, 7) is 0.934. The molecule has 0 spiro atoms. The van der Waals surface area contributed by atoms with Crippen LogP contribution in [0, 0.1) is 15.9 Å². The van der Waals surface area contributed by atoms with Crippen LogP contribution in [0.3, 0.4) is 0 Å². The van der Waals surface area contributed by atoms with Gasteiger partial charge >= 0.3 is 0 Å². The lowest BCUT2D eigenvalue weighted by Crippen LogP contribution is -2.17. The molecular weight excluding hydrogens is 327 g/mol. The molecule has 1 heterocycles. The molecule has 0 unspecified atom stereocenters. The molecule has 0 aliphatic carbocycles. The fraction of sp³-hybridized carbons (Fsp3) is 0.176. The fourth-order valence-electron chi connectivity index (χ4n) is 2.39. The second-order valence-electron chi connectivity index (χ2n) is 5.61. The predicted octanol–water partition coefficient (Wildman–Crippen LogP) is 3.42. The Morgan fingerprint density at radius 1 is 1.16 bits per heavy atom. The van der Waals surface area contributed by atoms with E-state index in [1.54, 1.807) is 18.2 Å². The van der Waals surface area contributed by atoms with E-state index in [-0.39, 0.29) is 11.5 Å². The molecule has 25 heavy (non-hydrogen) atoms. The van der Waals surface area contributed by atoms with Gasteiger partial charge in [0.05, 0.1) is 11.5 Å². The Balaban J connectivity index is 1.65. The number of rotatable bonds is 6. The van der Waals surface area contributed by atoms with Crippen LogP contribution in [0.15, 0.2) is 52.9 Å². The molecular formula is C17H15FN4O3. The lowest BCUT2D eigenvalue weighted by Gasteiger charge is -2.14. The molecule has 0 N–H and O–H groups in total. The highest BCUT2D eigenvalue weighted by atomic mass is 19.1. The number of hydrogen-bond donors (Lipinski definition) is 0. The third-order valence-corrected chi connectivity index (χ3v) is 3.54. The summed E-state index contributed by atoms with van der Waals surface area (Å²) >= 11 is 0. The van der Waals surface area contributed by atoms with Crippen LogP contribution in [-0.2, 0) is 13.1 Å². The zero-order valence-corrected chi connectivity index (χ0v) is 13.4. The second-order valence-corrected chi connectivity index (χ2v) is 5.61. The van der Waals surface area contributed by atoms with E-state index in [9.17, 15) is 14.5 Å². The quantitative estimate of drug-likeness (QED) is 0.504. The topological polar surface area (TPSA) is 85.3 Å². The molecule has 7 nitrogen and oxygen atoms in total. The SMILES string of the molecule is CN(Cc1cccc(F)c1)Cc1nnc(-c2ccc([N+](=O)[O-])cc2)o1. The molecule has 0 saturated heterocycles. The molecule has 0 fully saturated rings. The van der Waals surface area contributed by atoms with Gasteiger partial charge in [0.15, 0.2) is 0 Å². The van der Waals surface area contributed by atoms with Gasteiger partial charge < -0.3 is 4.42 Å². The Morgan fingerprint density at radius 2 is 1.92 bits per heavy atom. The Kier molecular flexibility index (Phi) is 4.80. The van der Waals surface area contributed by atoms with Gasteiger partial charge in [0.25, 0.3) is 5.69 Å². The van der Waals surface area contributed by atoms with Gasteiger partial charge in [-0.25, -0.2) is 4.39 Å². The van der Waals surface area contributed by atoms with E-state index in [1.807, 2.05) is 18.0 Å². The molecule has 0 amide bonds. The molecule has 2 aromatic carbocycles. The number of benzene rings is 2. The molecule has 0 aliphatic heterocycles. The maximum atomic E-state index is 13.2. The summed E-state index contributed by atoms with van der Waals surface area (Å²) in [5.74, 6) is 0.431. The average molecular weight is 342 g/mol. The third-order valence-electron chi connectivity index (χ3n) is 3.54. The fourth-order valence-corrected chi connectivity index (χ4v) is 2.39. The first-order valence-corrected chi connectivity index (χ1v) is 7.51. The van der Waals surface area contributed by atoms with Crippen molar-refractivity contribution in [3.05, 3.63) is 75.9 Å². The number of aromatic nitrogens is 2. The molecule has 0 bridgehead atoms. The van der Waals surface area contributed by atoms with E-state index in [0.717, 1.165) is 5.56 Å². The third kappa shape index (κ3) is 4.24. The molecule has 8 heteroatoms. The zero-order chi connectivity index (χ0) is 17.8. The molecule has 0 radical (unpaired) electrons. The maximum absolute atomic E-state index is 13.2. The maximum Gasteiger partial charge on any atom is 0.269 e. The van der Waals surface area contributed by atoms with Crippen LogP contribution in [0.1, 0.15) is 11.5 Å². The van der Waals surface area contributed by atoms with Crippen LogP contribution in [-0.4, -0.2) is 27.1 Å². The first kappa shape index (κ1) is 16.7. The normalized spacial score (nSPS) is 11.0. The summed E-state index contributed by atoms with van der Waals surface area (Å²) in [7, 11) is 1.86. The molecule has 0 aliphatic rings. The first-order chi connectivity index (χ1) is 12.0. The average Bonchev–Trinajstić information content (AvgIpc) is 3.03. The summed E-state index contributed by atoms with van der Waals surface area (Å²) in [4.78, 5) is 12.1. The zero-order valence-electron chi connectivity index (χ0n) is 13.4. The number of nitrogens with zero attached hydrogens (tertiary/aromatic N) is 4. The van der Waals surface area contributed by atoms with Crippen LogP contribution >= 0.6 is 0 Å². The van der Waals surface area contributed by atoms with Gasteiger partial charge in [0, 0.05) is 24.2 Å². The lowest BCUT2D eigenvalue weighted by molar-refractivity contribution is -0.384. The first-order valence-electron chi connectivity index (χ1n) is 7.51. The van der Waals surface area contributed by atoms with Crippen molar-refractivity contribution < 1.29 is 13.7 Å². The van der Waals surface area contributed by atoms with E-state index in [0.29, 0.717) is 30.4 Å². The van der Waals surface area contributed by atoms with Gasteiger partial charge in [-0.1, -0.05) is 12.1 Å². The number of nitro groups is 1. The van der Waals surface area contributed by atoms with Crippen molar-refractivity contribution in [2.75, 3.05) is 7.05 Å². The van der Waals surface area contributed by atoms with Gasteiger partial charge in [-0.3, -0.25) is 15.0 Å². The van der Waals surface area contributed by atoms with E-state index in [2.05, 4.69) is 10.2 Å². The molecule has 0 saturated carbocycles. The smallest absolute Gasteiger partial charge is 0.269 e. The lowest BCUT2D eigenvalue weighted by atomic mass is 10.2. The minimum atomic E-state index is -0.468. The highest BCUT2D eigenvalue weighted by Crippen LogP contribution is 2.21. The standard InChI is InChI=1S/C17H15FN4O3/c1-21(10-12-3-2-4-14(18)9-12)11-16-19-20-17(25-16)13-5-7-15(8-6-13)22(23)24/h2-9H,10-11H2,1H3. The van der Waals surface area contributed by atoms with Crippen molar-refractivity contribution in [3.63, 3.8) is 0 Å². The van der Waals surface area contributed by atoms with Gasteiger partial charge in [-0.05, 0) is 36.9 Å². The predicted molar refractivity (Wildman–Crippen MR) is 88.0 cm³/mol. The summed E-state index contributed by atoms with van der Waals surface area (Å²) in [5.41, 5.74) is 1.45. The Bertz CT molecular complexity index is 880. The molecule has 3 aromatic rings. The van der Waals surface area contributed by atoms with Crippen molar-refractivity contribution in [2.45, 2.75) is 13.1 Å². The Hall–Kier alpha value is -3.13. The Labute approximate surface area is 142 Å². The van der Waals surface area contributed by atoms with Gasteiger partial charge in [0.1, 0.15) is 5.82 Å². The molecule has 1 aromatic heterocycles. The molecule has 3 rings (SSSR count). The minimum absolute atomic E-state index is 0.00156. The van der Waals surface area contributed by atoms with E-state index in [4.69, 9.17) is 4.42 Å². The van der Waals surface area contributed by atoms with E-state index in [1.165, 1.54) is 24.3 Å². The van der Waals surface area contributed by atoms with Crippen molar-refractivity contribution in [2.24, 2.45) is 0 Å². The summed E-state index contributed by atoms with van der Waals surface area (Å²) in [6.07, 6.45) is 0. The number of halogens is 1. The summed E-state index contributed by atoms with van der Waals surface area (Å²) in [6, 6.07) is 12.3. The van der Waals surface area contributed by atoms with Crippen molar-refractivity contribution in [3.8, 4) is 11.5 Å². The van der Waals surface area contributed by atoms with Crippen molar-refractivity contribution >= 4 is 5.69 Å². The van der Waals surface area contributed by atoms with Gasteiger partial charge in [-0.15, -0.1) is 10.2 Å². The molecule has 128 valence electrons. The van der Waals surface area contributed by atoms with E-state index < -0.39 is 4.92 Å². The van der Waals surface area contributed by atoms with Crippen molar-refractivity contribution in [1.82, 2.24) is 15.1 Å². The van der Waals surface area contributed by atoms with Crippen LogP contribution in [0.2, 0.25) is 0 Å². The minimum Gasteiger partial charge on any atom is -0.419 e. The van der Waals surface area contributed by atoms with Gasteiger partial charge in [-0.2, -0.15) is 0 Å². The monoisotopic (exact) mass is 342 g/mol. The summed E-state index contributed by atoms with van der Waals surface area (Å²) in [5, 5.41) is 18.6. The number of nitro benzene ring substituents is 1.